The van der Waals surface area contributed by atoms with Crippen molar-refractivity contribution in [3.05, 3.63) is 54.2 Å². The molecule has 170 valence electrons. The molecule has 1 saturated heterocycles. The molecule has 10 heteroatoms. The molecule has 6 nitrogen and oxygen atoms in total. The van der Waals surface area contributed by atoms with Crippen LogP contribution in [0.25, 0.3) is 0 Å². The van der Waals surface area contributed by atoms with Gasteiger partial charge in [0.1, 0.15) is 11.6 Å². The van der Waals surface area contributed by atoms with E-state index in [2.05, 4.69) is 20.1 Å². The Labute approximate surface area is 197 Å². The molecule has 1 aromatic carbocycles. The van der Waals surface area contributed by atoms with Crippen LogP contribution in [0.1, 0.15) is 12.5 Å². The molecule has 31 heavy (non-hydrogen) atoms. The molecule has 1 aliphatic heterocycles. The molecule has 0 aliphatic carbocycles. The lowest BCUT2D eigenvalue weighted by atomic mass is 10.2. The van der Waals surface area contributed by atoms with Gasteiger partial charge in [-0.15, -0.1) is 24.0 Å². The predicted octanol–water partition coefficient (Wildman–Crippen LogP) is 3.93. The van der Waals surface area contributed by atoms with E-state index < -0.39 is 12.8 Å². The van der Waals surface area contributed by atoms with Gasteiger partial charge in [0.05, 0.1) is 6.54 Å². The number of pyridine rings is 1. The fourth-order valence-electron chi connectivity index (χ4n) is 3.14. The topological polar surface area (TPSA) is 53.0 Å². The molecule has 2 aromatic rings. The number of piperazine rings is 1. The predicted molar refractivity (Wildman–Crippen MR) is 126 cm³/mol. The van der Waals surface area contributed by atoms with Crippen LogP contribution in [-0.4, -0.2) is 61.4 Å². The molecule has 0 amide bonds. The number of aromatic nitrogens is 1. The van der Waals surface area contributed by atoms with Crippen molar-refractivity contribution in [2.75, 3.05) is 44.2 Å². The van der Waals surface area contributed by atoms with E-state index in [-0.39, 0.29) is 29.7 Å². The zero-order valence-corrected chi connectivity index (χ0v) is 19.6. The van der Waals surface area contributed by atoms with Crippen molar-refractivity contribution >= 4 is 35.8 Å². The molecule has 0 spiro atoms. The minimum atomic E-state index is -4.34. The Kier molecular flexibility index (Phi) is 9.66. The molecular formula is C21H27F3IN5O. The van der Waals surface area contributed by atoms with Crippen molar-refractivity contribution < 1.29 is 17.9 Å². The van der Waals surface area contributed by atoms with E-state index in [9.17, 15) is 13.2 Å². The van der Waals surface area contributed by atoms with Gasteiger partial charge >= 0.3 is 6.18 Å². The third-order valence-corrected chi connectivity index (χ3v) is 4.62. The van der Waals surface area contributed by atoms with Gasteiger partial charge in [0.25, 0.3) is 0 Å². The Morgan fingerprint density at radius 1 is 1.10 bits per heavy atom. The van der Waals surface area contributed by atoms with Crippen LogP contribution >= 0.6 is 24.0 Å². The summed E-state index contributed by atoms with van der Waals surface area (Å²) in [5.41, 5.74) is 0.900. The SMILES string of the molecule is CCNC(=NCc1ccc(OCC(F)(F)F)cc1)N1CCN(c2ccccn2)CC1.I. The summed E-state index contributed by atoms with van der Waals surface area (Å²) in [5.74, 6) is 2.00. The summed E-state index contributed by atoms with van der Waals surface area (Å²) < 4.78 is 41.5. The molecule has 0 saturated carbocycles. The Hall–Kier alpha value is -2.24. The summed E-state index contributed by atoms with van der Waals surface area (Å²) in [5, 5.41) is 3.32. The van der Waals surface area contributed by atoms with Crippen molar-refractivity contribution in [2.24, 2.45) is 4.99 Å². The number of hydrogen-bond acceptors (Lipinski definition) is 4. The maximum Gasteiger partial charge on any atom is 0.422 e. The van der Waals surface area contributed by atoms with Gasteiger partial charge in [0.15, 0.2) is 12.6 Å². The molecule has 0 bridgehead atoms. The molecule has 2 heterocycles. The fourth-order valence-corrected chi connectivity index (χ4v) is 3.14. The van der Waals surface area contributed by atoms with E-state index in [1.165, 1.54) is 12.1 Å². The van der Waals surface area contributed by atoms with E-state index in [0.717, 1.165) is 50.1 Å². The molecule has 1 N–H and O–H groups in total. The van der Waals surface area contributed by atoms with Crippen molar-refractivity contribution in [3.8, 4) is 5.75 Å². The number of benzene rings is 1. The highest BCUT2D eigenvalue weighted by Crippen LogP contribution is 2.19. The third kappa shape index (κ3) is 8.08. The maximum atomic E-state index is 12.2. The number of guanidine groups is 1. The Balaban J connectivity index is 0.00000341. The van der Waals surface area contributed by atoms with E-state index in [1.54, 1.807) is 18.3 Å². The second kappa shape index (κ2) is 12.0. The van der Waals surface area contributed by atoms with Crippen LogP contribution in [0, 0.1) is 0 Å². The zero-order chi connectivity index (χ0) is 21.4. The molecule has 1 aliphatic rings. The number of hydrogen-bond donors (Lipinski definition) is 1. The summed E-state index contributed by atoms with van der Waals surface area (Å²) in [7, 11) is 0. The highest BCUT2D eigenvalue weighted by Gasteiger charge is 2.28. The second-order valence-electron chi connectivity index (χ2n) is 6.88. The first kappa shape index (κ1) is 25.0. The van der Waals surface area contributed by atoms with Crippen molar-refractivity contribution in [1.82, 2.24) is 15.2 Å². The fraction of sp³-hybridized carbons (Fsp3) is 0.429. The number of rotatable bonds is 6. The van der Waals surface area contributed by atoms with Gasteiger partial charge in [-0.05, 0) is 36.8 Å². The molecule has 0 atom stereocenters. The first-order chi connectivity index (χ1) is 14.4. The molecule has 0 radical (unpaired) electrons. The average molecular weight is 549 g/mol. The van der Waals surface area contributed by atoms with Crippen molar-refractivity contribution in [3.63, 3.8) is 0 Å². The number of nitrogens with one attached hydrogen (secondary N) is 1. The second-order valence-corrected chi connectivity index (χ2v) is 6.88. The minimum absolute atomic E-state index is 0. The summed E-state index contributed by atoms with van der Waals surface area (Å²) in [4.78, 5) is 13.6. The Morgan fingerprint density at radius 3 is 2.39 bits per heavy atom. The maximum absolute atomic E-state index is 12.2. The molecule has 1 aromatic heterocycles. The van der Waals surface area contributed by atoms with Crippen LogP contribution in [-0.2, 0) is 6.54 Å². The van der Waals surface area contributed by atoms with Crippen LogP contribution in [0.4, 0.5) is 19.0 Å². The Morgan fingerprint density at radius 2 is 1.81 bits per heavy atom. The lowest BCUT2D eigenvalue weighted by molar-refractivity contribution is -0.153. The van der Waals surface area contributed by atoms with Crippen LogP contribution in [0.2, 0.25) is 0 Å². The van der Waals surface area contributed by atoms with Gasteiger partial charge in [0.2, 0.25) is 0 Å². The monoisotopic (exact) mass is 549 g/mol. The van der Waals surface area contributed by atoms with Crippen molar-refractivity contribution in [1.29, 1.82) is 0 Å². The number of anilines is 1. The summed E-state index contributed by atoms with van der Waals surface area (Å²) >= 11 is 0. The largest absolute Gasteiger partial charge is 0.484 e. The minimum Gasteiger partial charge on any atom is -0.484 e. The highest BCUT2D eigenvalue weighted by molar-refractivity contribution is 14.0. The number of aliphatic imine (C=N–C) groups is 1. The summed E-state index contributed by atoms with van der Waals surface area (Å²) in [6.07, 6.45) is -2.54. The smallest absolute Gasteiger partial charge is 0.422 e. The lowest BCUT2D eigenvalue weighted by Crippen LogP contribution is -2.52. The van der Waals surface area contributed by atoms with Gasteiger partial charge in [-0.1, -0.05) is 18.2 Å². The molecular weight excluding hydrogens is 522 g/mol. The highest BCUT2D eigenvalue weighted by atomic mass is 127. The van der Waals surface area contributed by atoms with E-state index in [1.807, 2.05) is 25.1 Å². The van der Waals surface area contributed by atoms with Crippen LogP contribution in [0.15, 0.2) is 53.7 Å². The molecule has 3 rings (SSSR count). The van der Waals surface area contributed by atoms with Crippen LogP contribution in [0.5, 0.6) is 5.75 Å². The van der Waals surface area contributed by atoms with Gasteiger partial charge < -0.3 is 19.9 Å². The van der Waals surface area contributed by atoms with E-state index in [4.69, 9.17) is 9.73 Å². The quantitative estimate of drug-likeness (QED) is 0.337. The third-order valence-electron chi connectivity index (χ3n) is 4.62. The van der Waals surface area contributed by atoms with Gasteiger partial charge in [-0.3, -0.25) is 0 Å². The van der Waals surface area contributed by atoms with Gasteiger partial charge in [-0.25, -0.2) is 9.98 Å². The number of alkyl halides is 3. The van der Waals surface area contributed by atoms with E-state index >= 15 is 0 Å². The number of halogens is 4. The average Bonchev–Trinajstić information content (AvgIpc) is 2.76. The molecule has 0 unspecified atom stereocenters. The number of nitrogens with zero attached hydrogens (tertiary/aromatic N) is 4. The van der Waals surface area contributed by atoms with Gasteiger partial charge in [0, 0.05) is 38.9 Å². The van der Waals surface area contributed by atoms with Crippen molar-refractivity contribution in [2.45, 2.75) is 19.6 Å². The van der Waals surface area contributed by atoms with Crippen LogP contribution < -0.4 is 15.0 Å². The zero-order valence-electron chi connectivity index (χ0n) is 17.3. The normalized spacial score (nSPS) is 14.8. The van der Waals surface area contributed by atoms with Crippen LogP contribution in [0.3, 0.4) is 0 Å². The number of ether oxygens (including phenoxy) is 1. The van der Waals surface area contributed by atoms with E-state index in [0.29, 0.717) is 6.54 Å². The first-order valence-corrected chi connectivity index (χ1v) is 9.92. The standard InChI is InChI=1S/C21H26F3N5O.HI/c1-2-25-20(29-13-11-28(12-14-29)19-5-3-4-10-26-19)27-15-17-6-8-18(9-7-17)30-16-21(22,23)24;/h3-10H,2,11-16H2,1H3,(H,25,27);1H. The summed E-state index contributed by atoms with van der Waals surface area (Å²) in [6, 6.07) is 12.4. The first-order valence-electron chi connectivity index (χ1n) is 9.92. The lowest BCUT2D eigenvalue weighted by Gasteiger charge is -2.37. The summed E-state index contributed by atoms with van der Waals surface area (Å²) in [6.45, 7) is 5.27. The Bertz CT molecular complexity index is 810. The molecule has 1 fully saturated rings. The van der Waals surface area contributed by atoms with Gasteiger partial charge in [-0.2, -0.15) is 13.2 Å².